The third-order valence-corrected chi connectivity index (χ3v) is 4.88. The molecule has 1 heterocycles. The lowest BCUT2D eigenvalue weighted by molar-refractivity contribution is 0.198. The minimum atomic E-state index is 0.222. The number of hydrogen-bond acceptors (Lipinski definition) is 4. The molecule has 0 amide bonds. The van der Waals surface area contributed by atoms with E-state index >= 15 is 0 Å². The number of benzene rings is 2. The summed E-state index contributed by atoms with van der Waals surface area (Å²) >= 11 is 0. The van der Waals surface area contributed by atoms with Gasteiger partial charge < -0.3 is 14.8 Å². The van der Waals surface area contributed by atoms with Crippen LogP contribution >= 0.6 is 0 Å². The van der Waals surface area contributed by atoms with Crippen LogP contribution in [0.3, 0.4) is 0 Å². The van der Waals surface area contributed by atoms with Crippen molar-refractivity contribution in [1.29, 1.82) is 0 Å². The van der Waals surface area contributed by atoms with E-state index in [1.54, 1.807) is 7.11 Å². The third-order valence-electron chi connectivity index (χ3n) is 4.88. The van der Waals surface area contributed by atoms with Gasteiger partial charge in [-0.2, -0.15) is 0 Å². The second-order valence-electron chi connectivity index (χ2n) is 6.95. The Kier molecular flexibility index (Phi) is 6.17. The fourth-order valence-corrected chi connectivity index (χ4v) is 3.85. The van der Waals surface area contributed by atoms with Gasteiger partial charge in [-0.15, -0.1) is 0 Å². The van der Waals surface area contributed by atoms with Crippen LogP contribution < -0.4 is 14.8 Å². The smallest absolute Gasteiger partial charge is 0.161 e. The van der Waals surface area contributed by atoms with Gasteiger partial charge in [0.25, 0.3) is 0 Å². The van der Waals surface area contributed by atoms with Gasteiger partial charge in [-0.3, -0.25) is 4.90 Å². The minimum Gasteiger partial charge on any atom is -0.493 e. The van der Waals surface area contributed by atoms with Gasteiger partial charge in [-0.25, -0.2) is 0 Å². The maximum Gasteiger partial charge on any atom is 0.161 e. The fourth-order valence-electron chi connectivity index (χ4n) is 3.85. The van der Waals surface area contributed by atoms with E-state index in [9.17, 15) is 0 Å². The number of ether oxygens (including phenoxy) is 2. The molecule has 0 saturated carbocycles. The first-order valence-corrected chi connectivity index (χ1v) is 9.46. The lowest BCUT2D eigenvalue weighted by Gasteiger charge is -2.36. The number of nitrogens with one attached hydrogen (secondary N) is 1. The predicted octanol–water partition coefficient (Wildman–Crippen LogP) is 3.71. The van der Waals surface area contributed by atoms with Gasteiger partial charge in [0, 0.05) is 26.2 Å². The molecule has 1 aliphatic rings. The van der Waals surface area contributed by atoms with Crippen LogP contribution in [-0.2, 0) is 0 Å². The Hall–Kier alpha value is -2.04. The number of rotatable bonds is 6. The van der Waals surface area contributed by atoms with E-state index in [2.05, 4.69) is 54.4 Å². The van der Waals surface area contributed by atoms with Crippen LogP contribution in [0.15, 0.2) is 36.4 Å². The van der Waals surface area contributed by atoms with Gasteiger partial charge in [-0.05, 0) is 44.0 Å². The zero-order valence-corrected chi connectivity index (χ0v) is 16.3. The van der Waals surface area contributed by atoms with Crippen molar-refractivity contribution in [2.75, 3.05) is 39.9 Å². The molecule has 0 aliphatic carbocycles. The van der Waals surface area contributed by atoms with E-state index in [1.165, 1.54) is 22.3 Å². The molecule has 1 unspecified atom stereocenters. The summed E-state index contributed by atoms with van der Waals surface area (Å²) in [6.07, 6.45) is 0. The van der Waals surface area contributed by atoms with Crippen molar-refractivity contribution in [3.8, 4) is 11.5 Å². The van der Waals surface area contributed by atoms with E-state index in [1.807, 2.05) is 13.0 Å². The summed E-state index contributed by atoms with van der Waals surface area (Å²) in [7, 11) is 1.71. The fraction of sp³-hybridized carbons (Fsp3) is 0.455. The Morgan fingerprint density at radius 1 is 0.962 bits per heavy atom. The molecule has 1 aliphatic heterocycles. The average molecular weight is 354 g/mol. The van der Waals surface area contributed by atoms with E-state index in [0.29, 0.717) is 6.61 Å². The van der Waals surface area contributed by atoms with Gasteiger partial charge in [0.15, 0.2) is 11.5 Å². The number of piperazine rings is 1. The van der Waals surface area contributed by atoms with Crippen molar-refractivity contribution in [1.82, 2.24) is 10.2 Å². The predicted molar refractivity (Wildman–Crippen MR) is 106 cm³/mol. The zero-order chi connectivity index (χ0) is 18.5. The summed E-state index contributed by atoms with van der Waals surface area (Å²) in [4.78, 5) is 2.56. The van der Waals surface area contributed by atoms with Crippen LogP contribution in [0.5, 0.6) is 11.5 Å². The molecule has 1 saturated heterocycles. The zero-order valence-electron chi connectivity index (χ0n) is 16.3. The summed E-state index contributed by atoms with van der Waals surface area (Å²) in [6, 6.07) is 13.4. The molecule has 2 aromatic carbocycles. The van der Waals surface area contributed by atoms with E-state index < -0.39 is 0 Å². The minimum absolute atomic E-state index is 0.222. The Balaban J connectivity index is 2.05. The first-order valence-electron chi connectivity index (χ1n) is 9.46. The van der Waals surface area contributed by atoms with Crippen LogP contribution in [0.2, 0.25) is 0 Å². The Labute approximate surface area is 157 Å². The summed E-state index contributed by atoms with van der Waals surface area (Å²) < 4.78 is 11.3. The van der Waals surface area contributed by atoms with Gasteiger partial charge in [-0.1, -0.05) is 35.4 Å². The molecular formula is C22H30N2O2. The van der Waals surface area contributed by atoms with E-state index in [4.69, 9.17) is 9.47 Å². The first kappa shape index (κ1) is 18.7. The van der Waals surface area contributed by atoms with E-state index in [0.717, 1.165) is 37.7 Å². The SMILES string of the molecule is CCOc1ccc(C(c2cc(C)cc(C)c2)N2CCNCC2)cc1OC. The normalized spacial score (nSPS) is 16.3. The van der Waals surface area contributed by atoms with Crippen LogP contribution in [0.25, 0.3) is 0 Å². The molecule has 0 bridgehead atoms. The summed E-state index contributed by atoms with van der Waals surface area (Å²) in [5, 5.41) is 3.46. The number of aryl methyl sites for hydroxylation is 2. The summed E-state index contributed by atoms with van der Waals surface area (Å²) in [6.45, 7) is 11.1. The van der Waals surface area contributed by atoms with Crippen LogP contribution in [-0.4, -0.2) is 44.8 Å². The monoisotopic (exact) mass is 354 g/mol. The lowest BCUT2D eigenvalue weighted by Crippen LogP contribution is -2.45. The third kappa shape index (κ3) is 4.19. The Morgan fingerprint density at radius 2 is 1.65 bits per heavy atom. The molecular weight excluding hydrogens is 324 g/mol. The standard InChI is InChI=1S/C22H30N2O2/c1-5-26-20-7-6-18(15-21(20)25-4)22(24-10-8-23-9-11-24)19-13-16(2)12-17(3)14-19/h6-7,12-15,22-23H,5,8-11H2,1-4H3. The molecule has 1 fully saturated rings. The van der Waals surface area contributed by atoms with Gasteiger partial charge in [0.2, 0.25) is 0 Å². The molecule has 2 aromatic rings. The van der Waals surface area contributed by atoms with Crippen LogP contribution in [0.4, 0.5) is 0 Å². The molecule has 4 nitrogen and oxygen atoms in total. The second kappa shape index (κ2) is 8.56. The number of hydrogen-bond donors (Lipinski definition) is 1. The topological polar surface area (TPSA) is 33.7 Å². The van der Waals surface area contributed by atoms with Crippen molar-refractivity contribution in [2.45, 2.75) is 26.8 Å². The average Bonchev–Trinajstić information content (AvgIpc) is 2.63. The second-order valence-corrected chi connectivity index (χ2v) is 6.95. The van der Waals surface area contributed by atoms with E-state index in [-0.39, 0.29) is 6.04 Å². The highest BCUT2D eigenvalue weighted by atomic mass is 16.5. The quantitative estimate of drug-likeness (QED) is 0.857. The maximum absolute atomic E-state index is 5.70. The highest BCUT2D eigenvalue weighted by Gasteiger charge is 2.25. The molecule has 3 rings (SSSR count). The van der Waals surface area contributed by atoms with Gasteiger partial charge in [0.1, 0.15) is 0 Å². The molecule has 26 heavy (non-hydrogen) atoms. The van der Waals surface area contributed by atoms with Crippen molar-refractivity contribution in [3.63, 3.8) is 0 Å². The van der Waals surface area contributed by atoms with Crippen molar-refractivity contribution in [3.05, 3.63) is 58.7 Å². The van der Waals surface area contributed by atoms with Crippen molar-refractivity contribution >= 4 is 0 Å². The number of methoxy groups -OCH3 is 1. The van der Waals surface area contributed by atoms with Crippen molar-refractivity contribution < 1.29 is 9.47 Å². The highest BCUT2D eigenvalue weighted by Crippen LogP contribution is 2.36. The molecule has 0 radical (unpaired) electrons. The van der Waals surface area contributed by atoms with Crippen molar-refractivity contribution in [2.24, 2.45) is 0 Å². The molecule has 4 heteroatoms. The summed E-state index contributed by atoms with van der Waals surface area (Å²) in [5.41, 5.74) is 5.20. The van der Waals surface area contributed by atoms with Crippen LogP contribution in [0.1, 0.15) is 35.2 Å². The van der Waals surface area contributed by atoms with Gasteiger partial charge in [0.05, 0.1) is 19.8 Å². The molecule has 0 aromatic heterocycles. The Bertz CT molecular complexity index is 719. The number of nitrogens with zero attached hydrogens (tertiary/aromatic N) is 1. The molecule has 0 spiro atoms. The highest BCUT2D eigenvalue weighted by molar-refractivity contribution is 5.46. The first-order chi connectivity index (χ1) is 12.6. The van der Waals surface area contributed by atoms with Crippen LogP contribution in [0, 0.1) is 13.8 Å². The molecule has 140 valence electrons. The maximum atomic E-state index is 5.70. The largest absolute Gasteiger partial charge is 0.493 e. The molecule has 1 N–H and O–H groups in total. The lowest BCUT2D eigenvalue weighted by atomic mass is 9.93. The Morgan fingerprint density at radius 3 is 2.27 bits per heavy atom. The van der Waals surface area contributed by atoms with Gasteiger partial charge >= 0.3 is 0 Å². The molecule has 1 atom stereocenters. The summed E-state index contributed by atoms with van der Waals surface area (Å²) in [5.74, 6) is 1.60.